The summed E-state index contributed by atoms with van der Waals surface area (Å²) >= 11 is 0. The van der Waals surface area contributed by atoms with Crippen molar-refractivity contribution in [3.8, 4) is 0 Å². The van der Waals surface area contributed by atoms with Gasteiger partial charge in [0.25, 0.3) is 0 Å². The number of hydrogen-bond donors (Lipinski definition) is 1. The first kappa shape index (κ1) is 8.78. The monoisotopic (exact) mass is 163 g/mol. The molecule has 0 bridgehead atoms. The molecule has 0 spiro atoms. The Morgan fingerprint density at radius 2 is 1.92 bits per heavy atom. The van der Waals surface area contributed by atoms with Crippen LogP contribution in [0.1, 0.15) is 18.9 Å². The molecule has 1 aromatic rings. The minimum Gasteiger partial charge on any atom is -0.399 e. The van der Waals surface area contributed by atoms with Gasteiger partial charge in [0.15, 0.2) is 0 Å². The third-order valence-electron chi connectivity index (χ3n) is 1.75. The standard InChI is InChI=1S/C10H13NO/c1-8(12)2-3-9-4-6-10(11)7-5-9/h4-7H,2-3,11H2,1H3. The van der Waals surface area contributed by atoms with Gasteiger partial charge < -0.3 is 10.5 Å². The van der Waals surface area contributed by atoms with E-state index in [0.717, 1.165) is 12.1 Å². The second-order valence-electron chi connectivity index (χ2n) is 2.94. The third kappa shape index (κ3) is 2.74. The molecule has 0 saturated heterocycles. The number of carbonyl (C=O) groups is 1. The van der Waals surface area contributed by atoms with E-state index in [2.05, 4.69) is 0 Å². The van der Waals surface area contributed by atoms with Crippen molar-refractivity contribution in [3.63, 3.8) is 0 Å². The fourth-order valence-electron chi connectivity index (χ4n) is 1.00. The van der Waals surface area contributed by atoms with Crippen LogP contribution >= 0.6 is 0 Å². The molecule has 0 radical (unpaired) electrons. The predicted molar refractivity (Wildman–Crippen MR) is 49.9 cm³/mol. The van der Waals surface area contributed by atoms with Gasteiger partial charge in [-0.05, 0) is 31.0 Å². The van der Waals surface area contributed by atoms with Crippen molar-refractivity contribution >= 4 is 11.5 Å². The minimum atomic E-state index is 0.229. The van der Waals surface area contributed by atoms with E-state index >= 15 is 0 Å². The van der Waals surface area contributed by atoms with Crippen LogP contribution in [0, 0.1) is 0 Å². The quantitative estimate of drug-likeness (QED) is 0.690. The second-order valence-corrected chi connectivity index (χ2v) is 2.94. The first-order valence-corrected chi connectivity index (χ1v) is 4.02. The molecule has 0 aliphatic rings. The van der Waals surface area contributed by atoms with Crippen molar-refractivity contribution in [2.45, 2.75) is 19.8 Å². The smallest absolute Gasteiger partial charge is 0.130 e. The first-order valence-electron chi connectivity index (χ1n) is 4.02. The molecule has 1 rings (SSSR count). The van der Waals surface area contributed by atoms with Crippen LogP contribution in [0.15, 0.2) is 24.3 Å². The van der Waals surface area contributed by atoms with Crippen molar-refractivity contribution in [2.75, 3.05) is 5.73 Å². The largest absolute Gasteiger partial charge is 0.399 e. The van der Waals surface area contributed by atoms with Crippen molar-refractivity contribution in [2.24, 2.45) is 0 Å². The van der Waals surface area contributed by atoms with Crippen molar-refractivity contribution < 1.29 is 4.79 Å². The Labute approximate surface area is 72.4 Å². The summed E-state index contributed by atoms with van der Waals surface area (Å²) in [6, 6.07) is 7.63. The Morgan fingerprint density at radius 3 is 2.42 bits per heavy atom. The van der Waals surface area contributed by atoms with E-state index in [4.69, 9.17) is 5.73 Å². The lowest BCUT2D eigenvalue weighted by Crippen LogP contribution is -1.94. The van der Waals surface area contributed by atoms with Gasteiger partial charge >= 0.3 is 0 Å². The lowest BCUT2D eigenvalue weighted by Gasteiger charge is -1.98. The summed E-state index contributed by atoms with van der Waals surface area (Å²) in [7, 11) is 0. The Balaban J connectivity index is 2.53. The Morgan fingerprint density at radius 1 is 1.33 bits per heavy atom. The van der Waals surface area contributed by atoms with Crippen LogP contribution in [-0.2, 0) is 11.2 Å². The molecule has 64 valence electrons. The van der Waals surface area contributed by atoms with Crippen LogP contribution in [-0.4, -0.2) is 5.78 Å². The highest BCUT2D eigenvalue weighted by molar-refractivity contribution is 5.75. The van der Waals surface area contributed by atoms with Crippen LogP contribution in [0.25, 0.3) is 0 Å². The third-order valence-corrected chi connectivity index (χ3v) is 1.75. The SMILES string of the molecule is CC(=O)CCc1ccc(N)cc1. The number of rotatable bonds is 3. The van der Waals surface area contributed by atoms with Crippen LogP contribution in [0.2, 0.25) is 0 Å². The summed E-state index contributed by atoms with van der Waals surface area (Å²) in [6.45, 7) is 1.61. The second kappa shape index (κ2) is 3.90. The maximum Gasteiger partial charge on any atom is 0.130 e. The molecule has 0 fully saturated rings. The van der Waals surface area contributed by atoms with E-state index in [1.807, 2.05) is 24.3 Å². The number of carbonyl (C=O) groups excluding carboxylic acids is 1. The van der Waals surface area contributed by atoms with Crippen LogP contribution in [0.4, 0.5) is 5.69 Å². The average molecular weight is 163 g/mol. The first-order chi connectivity index (χ1) is 5.68. The fourth-order valence-corrected chi connectivity index (χ4v) is 1.00. The highest BCUT2D eigenvalue weighted by atomic mass is 16.1. The fraction of sp³-hybridized carbons (Fsp3) is 0.300. The van der Waals surface area contributed by atoms with E-state index < -0.39 is 0 Å². The Bertz CT molecular complexity index is 264. The van der Waals surface area contributed by atoms with Gasteiger partial charge in [-0.25, -0.2) is 0 Å². The molecule has 0 aliphatic heterocycles. The summed E-state index contributed by atoms with van der Waals surface area (Å²) < 4.78 is 0. The molecule has 2 nitrogen and oxygen atoms in total. The van der Waals surface area contributed by atoms with Gasteiger partial charge in [-0.3, -0.25) is 0 Å². The molecule has 0 saturated carbocycles. The number of aryl methyl sites for hydroxylation is 1. The van der Waals surface area contributed by atoms with E-state index in [9.17, 15) is 4.79 Å². The van der Waals surface area contributed by atoms with Crippen LogP contribution in [0.3, 0.4) is 0 Å². The molecule has 0 aromatic heterocycles. The number of ketones is 1. The number of nitrogen functional groups attached to an aromatic ring is 1. The zero-order chi connectivity index (χ0) is 8.97. The predicted octanol–water partition coefficient (Wildman–Crippen LogP) is 1.79. The zero-order valence-corrected chi connectivity index (χ0v) is 7.21. The molecular formula is C10H13NO. The van der Waals surface area contributed by atoms with Gasteiger partial charge in [-0.2, -0.15) is 0 Å². The molecule has 0 unspecified atom stereocenters. The van der Waals surface area contributed by atoms with Crippen molar-refractivity contribution in [3.05, 3.63) is 29.8 Å². The van der Waals surface area contributed by atoms with E-state index in [1.54, 1.807) is 6.92 Å². The molecule has 0 heterocycles. The number of benzene rings is 1. The van der Waals surface area contributed by atoms with E-state index in [0.29, 0.717) is 6.42 Å². The van der Waals surface area contributed by atoms with E-state index in [-0.39, 0.29) is 5.78 Å². The molecule has 0 aliphatic carbocycles. The lowest BCUT2D eigenvalue weighted by atomic mass is 10.1. The van der Waals surface area contributed by atoms with Gasteiger partial charge in [-0.15, -0.1) is 0 Å². The van der Waals surface area contributed by atoms with Gasteiger partial charge in [0, 0.05) is 12.1 Å². The topological polar surface area (TPSA) is 43.1 Å². The summed E-state index contributed by atoms with van der Waals surface area (Å²) in [5.74, 6) is 0.229. The maximum absolute atomic E-state index is 10.7. The molecule has 1 aromatic carbocycles. The number of hydrogen-bond acceptors (Lipinski definition) is 2. The number of anilines is 1. The zero-order valence-electron chi connectivity index (χ0n) is 7.21. The summed E-state index contributed by atoms with van der Waals surface area (Å²) in [5, 5.41) is 0. The highest BCUT2D eigenvalue weighted by Gasteiger charge is 1.95. The molecule has 2 N–H and O–H groups in total. The summed E-state index contributed by atoms with van der Waals surface area (Å²) in [5.41, 5.74) is 7.45. The van der Waals surface area contributed by atoms with Crippen molar-refractivity contribution in [1.82, 2.24) is 0 Å². The molecule has 0 amide bonds. The number of nitrogens with two attached hydrogens (primary N) is 1. The van der Waals surface area contributed by atoms with Gasteiger partial charge in [0.2, 0.25) is 0 Å². The molecule has 12 heavy (non-hydrogen) atoms. The minimum absolute atomic E-state index is 0.229. The van der Waals surface area contributed by atoms with E-state index in [1.165, 1.54) is 5.56 Å². The normalized spacial score (nSPS) is 9.75. The van der Waals surface area contributed by atoms with Gasteiger partial charge in [0.05, 0.1) is 0 Å². The Kier molecular flexibility index (Phi) is 2.86. The molecule has 2 heteroatoms. The van der Waals surface area contributed by atoms with Crippen LogP contribution in [0.5, 0.6) is 0 Å². The van der Waals surface area contributed by atoms with Gasteiger partial charge in [0.1, 0.15) is 5.78 Å². The molecular weight excluding hydrogens is 150 g/mol. The highest BCUT2D eigenvalue weighted by Crippen LogP contribution is 2.07. The van der Waals surface area contributed by atoms with Gasteiger partial charge in [-0.1, -0.05) is 12.1 Å². The summed E-state index contributed by atoms with van der Waals surface area (Å²) in [6.07, 6.45) is 1.43. The summed E-state index contributed by atoms with van der Waals surface area (Å²) in [4.78, 5) is 10.7. The van der Waals surface area contributed by atoms with Crippen LogP contribution < -0.4 is 5.73 Å². The number of Topliss-reactive ketones (excluding diaryl/α,β-unsaturated/α-hetero) is 1. The lowest BCUT2D eigenvalue weighted by molar-refractivity contribution is -0.116. The average Bonchev–Trinajstić information content (AvgIpc) is 2.03. The van der Waals surface area contributed by atoms with Crippen molar-refractivity contribution in [1.29, 1.82) is 0 Å². The maximum atomic E-state index is 10.7. The Hall–Kier alpha value is -1.31. The molecule has 0 atom stereocenters.